The standard InChI is InChI=1S/C9H11NO2/c10-8(9(11)12)6-7-4-2-1-3-5-7/h1-5,8H,6,10H2,(H,11,12)/t8-/m1/s1/i6-1. The van der Waals surface area contributed by atoms with Crippen molar-refractivity contribution < 1.29 is 9.90 Å². The summed E-state index contributed by atoms with van der Waals surface area (Å²) in [7, 11) is 0. The summed E-state index contributed by atoms with van der Waals surface area (Å²) >= 11 is 0. The number of rotatable bonds is 3. The third-order valence-electron chi connectivity index (χ3n) is 1.62. The van der Waals surface area contributed by atoms with Crippen molar-refractivity contribution in [2.75, 3.05) is 0 Å². The number of benzene rings is 1. The van der Waals surface area contributed by atoms with Gasteiger partial charge in [-0.15, -0.1) is 0 Å². The molecule has 0 bridgehead atoms. The molecule has 0 amide bonds. The van der Waals surface area contributed by atoms with E-state index < -0.39 is 12.0 Å². The highest BCUT2D eigenvalue weighted by Crippen LogP contribution is 2.01. The number of hydrogen-bond acceptors (Lipinski definition) is 2. The lowest BCUT2D eigenvalue weighted by Crippen LogP contribution is -2.32. The third-order valence-corrected chi connectivity index (χ3v) is 1.62. The van der Waals surface area contributed by atoms with Gasteiger partial charge < -0.3 is 10.8 Å². The number of aliphatic carboxylic acids is 1. The van der Waals surface area contributed by atoms with Gasteiger partial charge in [0.15, 0.2) is 0 Å². The summed E-state index contributed by atoms with van der Waals surface area (Å²) in [6.45, 7) is 0. The lowest BCUT2D eigenvalue weighted by Gasteiger charge is -2.04. The first kappa shape index (κ1) is 8.74. The van der Waals surface area contributed by atoms with Crippen LogP contribution in [0.4, 0.5) is 0 Å². The van der Waals surface area contributed by atoms with Crippen LogP contribution in [0.5, 0.6) is 0 Å². The molecule has 0 spiro atoms. The van der Waals surface area contributed by atoms with E-state index in [1.54, 1.807) is 0 Å². The molecule has 0 radical (unpaired) electrons. The third kappa shape index (κ3) is 2.36. The largest absolute Gasteiger partial charge is 0.480 e. The normalized spacial score (nSPS) is 12.4. The second-order valence-corrected chi connectivity index (χ2v) is 2.63. The highest BCUT2D eigenvalue weighted by molar-refractivity contribution is 5.73. The van der Waals surface area contributed by atoms with Gasteiger partial charge in [0.1, 0.15) is 6.04 Å². The zero-order valence-corrected chi connectivity index (χ0v) is 6.60. The first-order chi connectivity index (χ1) is 5.70. The maximum atomic E-state index is 10.4. The fourth-order valence-electron chi connectivity index (χ4n) is 0.955. The Labute approximate surface area is 70.8 Å². The quantitative estimate of drug-likeness (QED) is 0.689. The number of carboxylic acid groups (broad SMARTS) is 1. The summed E-state index contributed by atoms with van der Waals surface area (Å²) in [6, 6.07) is 8.54. The molecule has 1 rings (SSSR count). The van der Waals surface area contributed by atoms with Gasteiger partial charge in [-0.1, -0.05) is 30.3 Å². The summed E-state index contributed by atoms with van der Waals surface area (Å²) in [5, 5.41) is 8.52. The van der Waals surface area contributed by atoms with Gasteiger partial charge in [-0.25, -0.2) is 0 Å². The number of hydrogen-bond donors (Lipinski definition) is 2. The second kappa shape index (κ2) is 3.88. The molecule has 64 valence electrons. The average Bonchev–Trinajstić information content (AvgIpc) is 2.06. The number of carbonyl (C=O) groups is 1. The minimum atomic E-state index is -0.959. The Hall–Kier alpha value is -1.35. The van der Waals surface area contributed by atoms with E-state index in [4.69, 9.17) is 10.8 Å². The molecule has 3 N–H and O–H groups in total. The molecule has 0 heterocycles. The highest BCUT2D eigenvalue weighted by Gasteiger charge is 2.10. The maximum absolute atomic E-state index is 10.4. The summed E-state index contributed by atoms with van der Waals surface area (Å²) in [5.41, 5.74) is 6.30. The molecule has 0 unspecified atom stereocenters. The summed E-state index contributed by atoms with van der Waals surface area (Å²) in [5.74, 6) is -0.959. The molecule has 3 nitrogen and oxygen atoms in total. The average molecular weight is 164 g/mol. The predicted molar refractivity (Wildman–Crippen MR) is 45.8 cm³/mol. The van der Waals surface area contributed by atoms with Crippen molar-refractivity contribution in [1.29, 1.82) is 0 Å². The first-order valence-electron chi connectivity index (χ1n) is 3.72. The smallest absolute Gasteiger partial charge is 0.320 e. The van der Waals surface area contributed by atoms with E-state index in [2.05, 4.69) is 0 Å². The topological polar surface area (TPSA) is 63.3 Å². The van der Waals surface area contributed by atoms with E-state index in [9.17, 15) is 4.79 Å². The van der Waals surface area contributed by atoms with Crippen molar-refractivity contribution in [3.63, 3.8) is 0 Å². The van der Waals surface area contributed by atoms with Crippen LogP contribution in [-0.4, -0.2) is 17.1 Å². The van der Waals surface area contributed by atoms with Gasteiger partial charge in [0, 0.05) is 0 Å². The van der Waals surface area contributed by atoms with Gasteiger partial charge in [-0.2, -0.15) is 0 Å². The number of nitrogens with two attached hydrogens (primary N) is 1. The van der Waals surface area contributed by atoms with Crippen molar-refractivity contribution in [3.05, 3.63) is 35.9 Å². The fourth-order valence-corrected chi connectivity index (χ4v) is 0.955. The second-order valence-electron chi connectivity index (χ2n) is 2.63. The molecule has 1 aromatic carbocycles. The minimum absolute atomic E-state index is 0.385. The molecular formula is C9H11NO2. The van der Waals surface area contributed by atoms with Crippen LogP contribution >= 0.6 is 0 Å². The Balaban J connectivity index is 2.58. The Morgan fingerprint density at radius 2 is 2.00 bits per heavy atom. The number of carboxylic acids is 1. The van der Waals surface area contributed by atoms with Crippen LogP contribution in [0, 0.1) is 0 Å². The zero-order chi connectivity index (χ0) is 8.97. The minimum Gasteiger partial charge on any atom is -0.480 e. The first-order valence-corrected chi connectivity index (χ1v) is 3.72. The fraction of sp³-hybridized carbons (Fsp3) is 0.222. The van der Waals surface area contributed by atoms with Crippen LogP contribution in [0.2, 0.25) is 0 Å². The van der Waals surface area contributed by atoms with Crippen molar-refractivity contribution in [3.8, 4) is 0 Å². The molecular weight excluding hydrogens is 153 g/mol. The predicted octanol–water partition coefficient (Wildman–Crippen LogP) is 0.641. The molecule has 1 aromatic rings. The molecule has 1 atom stereocenters. The van der Waals surface area contributed by atoms with E-state index in [-0.39, 0.29) is 0 Å². The molecule has 0 aliphatic heterocycles. The van der Waals surface area contributed by atoms with Gasteiger partial charge >= 0.3 is 5.97 Å². The Kier molecular flexibility index (Phi) is 2.82. The van der Waals surface area contributed by atoms with E-state index in [1.165, 1.54) is 0 Å². The van der Waals surface area contributed by atoms with Gasteiger partial charge in [-0.05, 0) is 12.0 Å². The Morgan fingerprint density at radius 3 is 2.50 bits per heavy atom. The molecule has 0 aromatic heterocycles. The van der Waals surface area contributed by atoms with Crippen LogP contribution in [0.25, 0.3) is 0 Å². The van der Waals surface area contributed by atoms with Crippen molar-refractivity contribution >= 4 is 5.97 Å². The van der Waals surface area contributed by atoms with E-state index in [1.807, 2.05) is 30.3 Å². The highest BCUT2D eigenvalue weighted by atomic mass is 16.4. The van der Waals surface area contributed by atoms with Crippen molar-refractivity contribution in [1.82, 2.24) is 0 Å². The van der Waals surface area contributed by atoms with Gasteiger partial charge in [0.25, 0.3) is 0 Å². The van der Waals surface area contributed by atoms with Gasteiger partial charge in [0.2, 0.25) is 0 Å². The van der Waals surface area contributed by atoms with Crippen LogP contribution < -0.4 is 5.73 Å². The Bertz CT molecular complexity index is 258. The molecule has 0 saturated carbocycles. The van der Waals surface area contributed by atoms with E-state index in [0.29, 0.717) is 6.42 Å². The molecule has 3 heteroatoms. The lowest BCUT2D eigenvalue weighted by atomic mass is 9.73. The Morgan fingerprint density at radius 1 is 1.42 bits per heavy atom. The molecule has 12 heavy (non-hydrogen) atoms. The summed E-state index contributed by atoms with van der Waals surface area (Å²) in [6.07, 6.45) is 0.385. The van der Waals surface area contributed by atoms with E-state index >= 15 is 0 Å². The molecule has 0 aliphatic carbocycles. The van der Waals surface area contributed by atoms with Crippen LogP contribution in [-0.2, 0) is 11.2 Å². The molecule has 0 fully saturated rings. The summed E-state index contributed by atoms with van der Waals surface area (Å²) in [4.78, 5) is 10.4. The van der Waals surface area contributed by atoms with Crippen molar-refractivity contribution in [2.24, 2.45) is 5.73 Å². The molecule has 0 saturated heterocycles. The van der Waals surface area contributed by atoms with Crippen LogP contribution in [0.15, 0.2) is 30.3 Å². The van der Waals surface area contributed by atoms with E-state index in [0.717, 1.165) is 5.56 Å². The zero-order valence-electron chi connectivity index (χ0n) is 6.60. The molecule has 0 aliphatic rings. The monoisotopic (exact) mass is 164 g/mol. The van der Waals surface area contributed by atoms with Gasteiger partial charge in [0.05, 0.1) is 0 Å². The summed E-state index contributed by atoms with van der Waals surface area (Å²) < 4.78 is 0. The SMILES string of the molecule is N[C@H]([11CH2]c1ccccc1)C(=O)O. The van der Waals surface area contributed by atoms with Crippen LogP contribution in [0.1, 0.15) is 5.56 Å². The van der Waals surface area contributed by atoms with Crippen LogP contribution in [0.3, 0.4) is 0 Å². The lowest BCUT2D eigenvalue weighted by molar-refractivity contribution is -0.138. The van der Waals surface area contributed by atoms with Crippen molar-refractivity contribution in [2.45, 2.75) is 12.5 Å². The maximum Gasteiger partial charge on any atom is 0.320 e. The van der Waals surface area contributed by atoms with Gasteiger partial charge in [-0.3, -0.25) is 4.79 Å².